The van der Waals surface area contributed by atoms with Crippen LogP contribution in [0.3, 0.4) is 0 Å². The Balaban J connectivity index is 1.53. The van der Waals surface area contributed by atoms with E-state index >= 15 is 0 Å². The zero-order valence-corrected chi connectivity index (χ0v) is 16.7. The zero-order valence-electron chi connectivity index (χ0n) is 16.7. The van der Waals surface area contributed by atoms with Gasteiger partial charge in [-0.1, -0.05) is 25.1 Å². The van der Waals surface area contributed by atoms with E-state index in [0.717, 1.165) is 67.7 Å². The molecule has 1 saturated heterocycles. The van der Waals surface area contributed by atoms with E-state index < -0.39 is 0 Å². The van der Waals surface area contributed by atoms with Gasteiger partial charge in [-0.25, -0.2) is 14.8 Å². The van der Waals surface area contributed by atoms with Gasteiger partial charge in [-0.2, -0.15) is 0 Å². The number of urea groups is 1. The van der Waals surface area contributed by atoms with Gasteiger partial charge in [0, 0.05) is 50.4 Å². The average Bonchev–Trinajstić information content (AvgIpc) is 2.73. The number of carbonyl (C=O) groups excluding carboxylic acids is 1. The summed E-state index contributed by atoms with van der Waals surface area (Å²) in [5, 5.41) is 2.99. The molecule has 7 heteroatoms. The molecule has 1 aromatic heterocycles. The molecule has 4 rings (SSSR count). The summed E-state index contributed by atoms with van der Waals surface area (Å²) in [6.45, 7) is 10.5. The number of aromatic nitrogens is 2. The van der Waals surface area contributed by atoms with E-state index in [0.29, 0.717) is 13.1 Å². The Kier molecular flexibility index (Phi) is 5.43. The molecule has 0 spiro atoms. The monoisotopic (exact) mass is 380 g/mol. The molecule has 148 valence electrons. The molecule has 0 bridgehead atoms. The van der Waals surface area contributed by atoms with Crippen LogP contribution in [-0.2, 0) is 13.0 Å². The van der Waals surface area contributed by atoms with Crippen molar-refractivity contribution < 1.29 is 4.79 Å². The fraction of sp³-hybridized carbons (Fsp3) is 0.476. The Morgan fingerprint density at radius 2 is 1.82 bits per heavy atom. The molecule has 0 radical (unpaired) electrons. The van der Waals surface area contributed by atoms with Crippen molar-refractivity contribution in [2.75, 3.05) is 49.5 Å². The lowest BCUT2D eigenvalue weighted by atomic mass is 10.1. The van der Waals surface area contributed by atoms with Gasteiger partial charge in [0.05, 0.1) is 12.2 Å². The first-order valence-electron chi connectivity index (χ1n) is 10.1. The van der Waals surface area contributed by atoms with E-state index in [4.69, 9.17) is 4.98 Å². The van der Waals surface area contributed by atoms with Crippen LogP contribution in [0.15, 0.2) is 30.3 Å². The molecule has 0 unspecified atom stereocenters. The molecule has 0 saturated carbocycles. The molecule has 7 nitrogen and oxygen atoms in total. The van der Waals surface area contributed by atoms with Gasteiger partial charge >= 0.3 is 6.03 Å². The van der Waals surface area contributed by atoms with Gasteiger partial charge in [-0.05, 0) is 25.6 Å². The smallest absolute Gasteiger partial charge is 0.322 e. The van der Waals surface area contributed by atoms with E-state index in [2.05, 4.69) is 27.0 Å². The van der Waals surface area contributed by atoms with Crippen molar-refractivity contribution in [1.82, 2.24) is 19.8 Å². The Labute approximate surface area is 166 Å². The number of para-hydroxylation sites is 1. The molecular weight excluding hydrogens is 352 g/mol. The number of amides is 2. The second kappa shape index (κ2) is 8.14. The van der Waals surface area contributed by atoms with Gasteiger partial charge in [-0.3, -0.25) is 0 Å². The first kappa shape index (κ1) is 18.7. The number of nitrogens with one attached hydrogen (secondary N) is 1. The molecular formula is C21H28N6O. The predicted octanol–water partition coefficient (Wildman–Crippen LogP) is 2.52. The Hall–Kier alpha value is -2.67. The molecule has 2 aliphatic rings. The third-order valence-electron chi connectivity index (χ3n) is 5.58. The first-order valence-corrected chi connectivity index (χ1v) is 10.1. The SMILES string of the molecule is CCN1CCN(c2nc(C)nc3c2CN(C(=O)Nc2ccccc2)CC3)CC1. The second-order valence-corrected chi connectivity index (χ2v) is 7.41. The number of nitrogens with zero attached hydrogens (tertiary/aromatic N) is 5. The molecule has 2 amide bonds. The number of aryl methyl sites for hydroxylation is 1. The van der Waals surface area contributed by atoms with Gasteiger partial charge in [0.25, 0.3) is 0 Å². The van der Waals surface area contributed by atoms with Crippen LogP contribution in [0.1, 0.15) is 24.0 Å². The maximum Gasteiger partial charge on any atom is 0.322 e. The molecule has 2 aromatic rings. The molecule has 2 aliphatic heterocycles. The van der Waals surface area contributed by atoms with Crippen molar-refractivity contribution in [3.8, 4) is 0 Å². The maximum atomic E-state index is 12.8. The third-order valence-corrected chi connectivity index (χ3v) is 5.58. The molecule has 1 N–H and O–H groups in total. The fourth-order valence-corrected chi connectivity index (χ4v) is 3.95. The van der Waals surface area contributed by atoms with E-state index in [9.17, 15) is 4.79 Å². The van der Waals surface area contributed by atoms with Crippen LogP contribution in [0.5, 0.6) is 0 Å². The minimum atomic E-state index is -0.0702. The van der Waals surface area contributed by atoms with Crippen LogP contribution < -0.4 is 10.2 Å². The standard InChI is InChI=1S/C21H28N6O/c1-3-25-11-13-26(14-12-25)20-18-15-27(10-9-19(18)22-16(2)23-20)21(28)24-17-7-5-4-6-8-17/h4-8H,3,9-15H2,1-2H3,(H,24,28). The van der Waals surface area contributed by atoms with Crippen molar-refractivity contribution in [3.63, 3.8) is 0 Å². The van der Waals surface area contributed by atoms with Crippen molar-refractivity contribution in [2.24, 2.45) is 0 Å². The number of benzene rings is 1. The fourth-order valence-electron chi connectivity index (χ4n) is 3.95. The summed E-state index contributed by atoms with van der Waals surface area (Å²) < 4.78 is 0. The minimum Gasteiger partial charge on any atom is -0.354 e. The third kappa shape index (κ3) is 3.94. The normalized spacial score (nSPS) is 17.4. The van der Waals surface area contributed by atoms with Gasteiger partial charge < -0.3 is 20.0 Å². The molecule has 1 fully saturated rings. The van der Waals surface area contributed by atoms with Crippen LogP contribution >= 0.6 is 0 Å². The summed E-state index contributed by atoms with van der Waals surface area (Å²) >= 11 is 0. The number of anilines is 2. The molecule has 1 aromatic carbocycles. The highest BCUT2D eigenvalue weighted by atomic mass is 16.2. The number of piperazine rings is 1. The van der Waals surface area contributed by atoms with Crippen molar-refractivity contribution in [3.05, 3.63) is 47.4 Å². The van der Waals surface area contributed by atoms with Crippen LogP contribution in [0.25, 0.3) is 0 Å². The van der Waals surface area contributed by atoms with Crippen LogP contribution in [-0.4, -0.2) is 65.1 Å². The molecule has 28 heavy (non-hydrogen) atoms. The number of carbonyl (C=O) groups is 1. The number of hydrogen-bond acceptors (Lipinski definition) is 5. The first-order chi connectivity index (χ1) is 13.6. The maximum absolute atomic E-state index is 12.8. The zero-order chi connectivity index (χ0) is 19.5. The lowest BCUT2D eigenvalue weighted by Gasteiger charge is -2.37. The Bertz CT molecular complexity index is 832. The quantitative estimate of drug-likeness (QED) is 0.886. The lowest BCUT2D eigenvalue weighted by molar-refractivity contribution is 0.205. The molecule has 0 atom stereocenters. The summed E-state index contributed by atoms with van der Waals surface area (Å²) in [7, 11) is 0. The Morgan fingerprint density at radius 3 is 2.54 bits per heavy atom. The highest BCUT2D eigenvalue weighted by Gasteiger charge is 2.28. The molecule has 0 aliphatic carbocycles. The highest BCUT2D eigenvalue weighted by molar-refractivity contribution is 5.89. The largest absolute Gasteiger partial charge is 0.354 e. The van der Waals surface area contributed by atoms with E-state index in [1.54, 1.807) is 0 Å². The minimum absolute atomic E-state index is 0.0702. The highest BCUT2D eigenvalue weighted by Crippen LogP contribution is 2.28. The van der Waals surface area contributed by atoms with Gasteiger partial charge in [0.2, 0.25) is 0 Å². The topological polar surface area (TPSA) is 64.6 Å². The lowest BCUT2D eigenvalue weighted by Crippen LogP contribution is -2.47. The second-order valence-electron chi connectivity index (χ2n) is 7.41. The number of fused-ring (bicyclic) bond motifs is 1. The van der Waals surface area contributed by atoms with Crippen LogP contribution in [0.2, 0.25) is 0 Å². The predicted molar refractivity (Wildman–Crippen MR) is 111 cm³/mol. The summed E-state index contributed by atoms with van der Waals surface area (Å²) in [5.41, 5.74) is 3.00. The van der Waals surface area contributed by atoms with Gasteiger partial charge in [0.1, 0.15) is 11.6 Å². The van der Waals surface area contributed by atoms with Gasteiger partial charge in [0.15, 0.2) is 0 Å². The molecule has 3 heterocycles. The number of rotatable bonds is 3. The van der Waals surface area contributed by atoms with E-state index in [1.165, 1.54) is 0 Å². The van der Waals surface area contributed by atoms with Crippen molar-refractivity contribution in [2.45, 2.75) is 26.8 Å². The van der Waals surface area contributed by atoms with Crippen LogP contribution in [0.4, 0.5) is 16.3 Å². The number of hydrogen-bond donors (Lipinski definition) is 1. The van der Waals surface area contributed by atoms with Gasteiger partial charge in [-0.15, -0.1) is 0 Å². The summed E-state index contributed by atoms with van der Waals surface area (Å²) in [6.07, 6.45) is 0.767. The average molecular weight is 380 g/mol. The summed E-state index contributed by atoms with van der Waals surface area (Å²) in [5.74, 6) is 1.82. The summed E-state index contributed by atoms with van der Waals surface area (Å²) in [6, 6.07) is 9.52. The van der Waals surface area contributed by atoms with Crippen molar-refractivity contribution in [1.29, 1.82) is 0 Å². The van der Waals surface area contributed by atoms with Crippen LogP contribution in [0, 0.1) is 6.92 Å². The number of likely N-dealkylation sites (N-methyl/N-ethyl adjacent to an activating group) is 1. The van der Waals surface area contributed by atoms with E-state index in [1.807, 2.05) is 42.2 Å². The van der Waals surface area contributed by atoms with E-state index in [-0.39, 0.29) is 6.03 Å². The Morgan fingerprint density at radius 1 is 1.07 bits per heavy atom. The van der Waals surface area contributed by atoms with Crippen molar-refractivity contribution >= 4 is 17.5 Å². The summed E-state index contributed by atoms with van der Waals surface area (Å²) in [4.78, 5) is 28.9.